The molecule has 20 heavy (non-hydrogen) atoms. The predicted octanol–water partition coefficient (Wildman–Crippen LogP) is 5.05. The monoisotopic (exact) mass is 303 g/mol. The lowest BCUT2D eigenvalue weighted by atomic mass is 10.1. The summed E-state index contributed by atoms with van der Waals surface area (Å²) in [6.45, 7) is 3.16. The zero-order valence-corrected chi connectivity index (χ0v) is 13.1. The summed E-state index contributed by atoms with van der Waals surface area (Å²) in [5, 5.41) is 4.38. The van der Waals surface area contributed by atoms with Crippen molar-refractivity contribution in [2.75, 3.05) is 0 Å². The summed E-state index contributed by atoms with van der Waals surface area (Å²) in [4.78, 5) is 2.35. The highest BCUT2D eigenvalue weighted by Crippen LogP contribution is 2.33. The Bertz CT molecular complexity index is 608. The Kier molecular flexibility index (Phi) is 4.35. The fourth-order valence-corrected chi connectivity index (χ4v) is 3.32. The summed E-state index contributed by atoms with van der Waals surface area (Å²) in [5.41, 5.74) is 2.73. The van der Waals surface area contributed by atoms with Gasteiger partial charge in [-0.2, -0.15) is 0 Å². The Hall–Kier alpha value is -0.960. The molecule has 3 rings (SSSR count). The SMILES string of the molecule is Cc1cc(Sc2ccccc2Cl)ccc1CNC1CC1. The van der Waals surface area contributed by atoms with E-state index in [-0.39, 0.29) is 0 Å². The summed E-state index contributed by atoms with van der Waals surface area (Å²) >= 11 is 7.93. The smallest absolute Gasteiger partial charge is 0.0545 e. The van der Waals surface area contributed by atoms with Gasteiger partial charge in [0.25, 0.3) is 0 Å². The van der Waals surface area contributed by atoms with Gasteiger partial charge in [-0.3, -0.25) is 0 Å². The van der Waals surface area contributed by atoms with Gasteiger partial charge in [0.05, 0.1) is 5.02 Å². The van der Waals surface area contributed by atoms with E-state index in [9.17, 15) is 0 Å². The molecule has 0 bridgehead atoms. The molecule has 1 aliphatic carbocycles. The van der Waals surface area contributed by atoms with E-state index in [1.807, 2.05) is 18.2 Å². The Labute approximate surface area is 129 Å². The summed E-state index contributed by atoms with van der Waals surface area (Å²) < 4.78 is 0. The van der Waals surface area contributed by atoms with E-state index in [1.165, 1.54) is 28.9 Å². The highest BCUT2D eigenvalue weighted by Gasteiger charge is 2.20. The van der Waals surface area contributed by atoms with Gasteiger partial charge in [-0.1, -0.05) is 41.6 Å². The Balaban J connectivity index is 1.71. The van der Waals surface area contributed by atoms with Gasteiger partial charge in [0.1, 0.15) is 0 Å². The number of hydrogen-bond donors (Lipinski definition) is 1. The van der Waals surface area contributed by atoms with Gasteiger partial charge in [-0.25, -0.2) is 0 Å². The Morgan fingerprint density at radius 2 is 2.00 bits per heavy atom. The lowest BCUT2D eigenvalue weighted by Gasteiger charge is -2.10. The van der Waals surface area contributed by atoms with Crippen molar-refractivity contribution >= 4 is 23.4 Å². The Morgan fingerprint density at radius 1 is 1.20 bits per heavy atom. The minimum atomic E-state index is 0.756. The van der Waals surface area contributed by atoms with Crippen LogP contribution >= 0.6 is 23.4 Å². The van der Waals surface area contributed by atoms with Crippen molar-refractivity contribution in [3.63, 3.8) is 0 Å². The second kappa shape index (κ2) is 6.21. The summed E-state index contributed by atoms with van der Waals surface area (Å²) in [6, 6.07) is 15.4. The first-order chi connectivity index (χ1) is 9.72. The highest BCUT2D eigenvalue weighted by atomic mass is 35.5. The molecule has 1 aliphatic rings. The van der Waals surface area contributed by atoms with E-state index in [0.29, 0.717) is 0 Å². The minimum absolute atomic E-state index is 0.756. The molecule has 1 nitrogen and oxygen atoms in total. The molecular formula is C17H18ClNS. The fraction of sp³-hybridized carbons (Fsp3) is 0.294. The first kappa shape index (κ1) is 14.0. The molecular weight excluding hydrogens is 286 g/mol. The number of halogens is 1. The van der Waals surface area contributed by atoms with E-state index in [1.54, 1.807) is 11.8 Å². The van der Waals surface area contributed by atoms with Crippen LogP contribution in [0.2, 0.25) is 5.02 Å². The van der Waals surface area contributed by atoms with Crippen molar-refractivity contribution in [1.29, 1.82) is 0 Å². The van der Waals surface area contributed by atoms with Crippen LogP contribution in [0, 0.1) is 6.92 Å². The molecule has 2 aromatic rings. The second-order valence-corrected chi connectivity index (χ2v) is 6.80. The van der Waals surface area contributed by atoms with Crippen LogP contribution in [0.3, 0.4) is 0 Å². The van der Waals surface area contributed by atoms with Crippen molar-refractivity contribution in [2.24, 2.45) is 0 Å². The van der Waals surface area contributed by atoms with Crippen LogP contribution < -0.4 is 5.32 Å². The van der Waals surface area contributed by atoms with Crippen LogP contribution in [0.5, 0.6) is 0 Å². The van der Waals surface area contributed by atoms with E-state index >= 15 is 0 Å². The number of rotatable bonds is 5. The summed E-state index contributed by atoms with van der Waals surface area (Å²) in [7, 11) is 0. The molecule has 0 amide bonds. The Morgan fingerprint density at radius 3 is 2.70 bits per heavy atom. The van der Waals surface area contributed by atoms with Gasteiger partial charge in [0.15, 0.2) is 0 Å². The first-order valence-electron chi connectivity index (χ1n) is 6.97. The standard InChI is InChI=1S/C17H18ClNS/c1-12-10-15(20-17-5-3-2-4-16(17)18)9-6-13(12)11-19-14-7-8-14/h2-6,9-10,14,19H,7-8,11H2,1H3. The van der Waals surface area contributed by atoms with Crippen molar-refractivity contribution in [3.05, 3.63) is 58.6 Å². The third-order valence-electron chi connectivity index (χ3n) is 3.54. The van der Waals surface area contributed by atoms with Crippen molar-refractivity contribution in [1.82, 2.24) is 5.32 Å². The van der Waals surface area contributed by atoms with Crippen LogP contribution in [-0.4, -0.2) is 6.04 Å². The molecule has 0 unspecified atom stereocenters. The van der Waals surface area contributed by atoms with Crippen LogP contribution in [0.1, 0.15) is 24.0 Å². The van der Waals surface area contributed by atoms with Crippen LogP contribution in [0.15, 0.2) is 52.3 Å². The minimum Gasteiger partial charge on any atom is -0.310 e. The molecule has 2 aromatic carbocycles. The molecule has 0 saturated heterocycles. The van der Waals surface area contributed by atoms with Gasteiger partial charge in [-0.05, 0) is 55.2 Å². The first-order valence-corrected chi connectivity index (χ1v) is 8.17. The van der Waals surface area contributed by atoms with Crippen molar-refractivity contribution in [2.45, 2.75) is 42.1 Å². The lowest BCUT2D eigenvalue weighted by Crippen LogP contribution is -2.15. The van der Waals surface area contributed by atoms with Crippen molar-refractivity contribution < 1.29 is 0 Å². The molecule has 1 saturated carbocycles. The maximum absolute atomic E-state index is 6.21. The molecule has 1 fully saturated rings. The molecule has 0 radical (unpaired) electrons. The zero-order chi connectivity index (χ0) is 13.9. The fourth-order valence-electron chi connectivity index (χ4n) is 2.13. The average Bonchev–Trinajstić information content (AvgIpc) is 3.25. The molecule has 3 heteroatoms. The normalized spacial score (nSPS) is 14.5. The van der Waals surface area contributed by atoms with E-state index in [2.05, 4.69) is 36.5 Å². The van der Waals surface area contributed by atoms with Gasteiger partial charge in [-0.15, -0.1) is 0 Å². The van der Waals surface area contributed by atoms with Gasteiger partial charge in [0, 0.05) is 22.4 Å². The number of aryl methyl sites for hydroxylation is 1. The topological polar surface area (TPSA) is 12.0 Å². The number of nitrogens with one attached hydrogen (secondary N) is 1. The maximum atomic E-state index is 6.21. The van der Waals surface area contributed by atoms with Crippen LogP contribution in [0.4, 0.5) is 0 Å². The van der Waals surface area contributed by atoms with Gasteiger partial charge >= 0.3 is 0 Å². The highest BCUT2D eigenvalue weighted by molar-refractivity contribution is 7.99. The number of hydrogen-bond acceptors (Lipinski definition) is 2. The average molecular weight is 304 g/mol. The largest absolute Gasteiger partial charge is 0.310 e. The predicted molar refractivity (Wildman–Crippen MR) is 86.6 cm³/mol. The molecule has 0 aromatic heterocycles. The van der Waals surface area contributed by atoms with E-state index in [4.69, 9.17) is 11.6 Å². The van der Waals surface area contributed by atoms with Crippen molar-refractivity contribution in [3.8, 4) is 0 Å². The van der Waals surface area contributed by atoms with Crippen LogP contribution in [0.25, 0.3) is 0 Å². The second-order valence-electron chi connectivity index (χ2n) is 5.28. The summed E-state index contributed by atoms with van der Waals surface area (Å²) in [5.74, 6) is 0. The molecule has 0 atom stereocenters. The quantitative estimate of drug-likeness (QED) is 0.829. The third kappa shape index (κ3) is 3.57. The van der Waals surface area contributed by atoms with E-state index in [0.717, 1.165) is 22.5 Å². The molecule has 0 spiro atoms. The molecule has 0 heterocycles. The summed E-state index contributed by atoms with van der Waals surface area (Å²) in [6.07, 6.45) is 2.67. The number of benzene rings is 2. The van der Waals surface area contributed by atoms with Gasteiger partial charge in [0.2, 0.25) is 0 Å². The zero-order valence-electron chi connectivity index (χ0n) is 11.5. The molecule has 1 N–H and O–H groups in total. The third-order valence-corrected chi connectivity index (χ3v) is 5.04. The van der Waals surface area contributed by atoms with Crippen LogP contribution in [-0.2, 0) is 6.54 Å². The van der Waals surface area contributed by atoms with Gasteiger partial charge < -0.3 is 5.32 Å². The molecule has 104 valence electrons. The maximum Gasteiger partial charge on any atom is 0.0545 e. The lowest BCUT2D eigenvalue weighted by molar-refractivity contribution is 0.685. The van der Waals surface area contributed by atoms with E-state index < -0.39 is 0 Å². The molecule has 0 aliphatic heterocycles.